The van der Waals surface area contributed by atoms with Gasteiger partial charge in [-0.1, -0.05) is 168 Å². The fourth-order valence-corrected chi connectivity index (χ4v) is 7.27. The molecule has 0 spiro atoms. The Morgan fingerprint density at radius 1 is 0.420 bits per heavy atom. The molecule has 50 heavy (non-hydrogen) atoms. The predicted octanol–water partition coefficient (Wildman–Crippen LogP) is 15.2. The van der Waals surface area contributed by atoms with Crippen molar-refractivity contribution in [3.63, 3.8) is 0 Å². The molecule has 0 aromatic carbocycles. The molecule has 0 aliphatic heterocycles. The highest BCUT2D eigenvalue weighted by atomic mass is 16.5. The van der Waals surface area contributed by atoms with Gasteiger partial charge in [0.05, 0.1) is 12.2 Å². The number of allylic oxidation sites excluding steroid dienone is 4. The van der Waals surface area contributed by atoms with Crippen LogP contribution in [0.2, 0.25) is 0 Å². The minimum Gasteiger partial charge on any atom is -0.378 e. The lowest BCUT2D eigenvalue weighted by atomic mass is 9.92. The Morgan fingerprint density at radius 3 is 1.14 bits per heavy atom. The average Bonchev–Trinajstić information content (AvgIpc) is 3.11. The standard InChI is InChI=1S/C47H93NO2/c1-7-11-13-15-17-19-21-23-25-27-29-31-33-35-37-39-41-49-46(9-3)43-45(44-48(5)6)47(10-4)50-42-40-38-36-34-32-30-28-26-24-22-20-18-16-14-12-8-2/h23-26,45-47H,7-22,27-44H2,1-6H3/b25-23-,26-24-. The van der Waals surface area contributed by atoms with Crippen molar-refractivity contribution >= 4 is 0 Å². The van der Waals surface area contributed by atoms with Crippen LogP contribution in [0.1, 0.15) is 227 Å². The lowest BCUT2D eigenvalue weighted by Gasteiger charge is -2.32. The van der Waals surface area contributed by atoms with Gasteiger partial charge < -0.3 is 14.4 Å². The third kappa shape index (κ3) is 35.7. The van der Waals surface area contributed by atoms with E-state index in [1.165, 1.54) is 180 Å². The summed E-state index contributed by atoms with van der Waals surface area (Å²) in [5.41, 5.74) is 0. The first-order valence-electron chi connectivity index (χ1n) is 22.8. The zero-order valence-electron chi connectivity index (χ0n) is 35.3. The van der Waals surface area contributed by atoms with E-state index >= 15 is 0 Å². The predicted molar refractivity (Wildman–Crippen MR) is 226 cm³/mol. The molecule has 0 N–H and O–H groups in total. The Hall–Kier alpha value is -0.640. The molecule has 0 heterocycles. The molecule has 0 aromatic rings. The van der Waals surface area contributed by atoms with E-state index in [4.69, 9.17) is 9.47 Å². The van der Waals surface area contributed by atoms with Crippen molar-refractivity contribution < 1.29 is 9.47 Å². The molecule has 0 saturated heterocycles. The molecule has 0 saturated carbocycles. The zero-order valence-corrected chi connectivity index (χ0v) is 35.3. The molecule has 3 nitrogen and oxygen atoms in total. The third-order valence-corrected chi connectivity index (χ3v) is 10.5. The van der Waals surface area contributed by atoms with Crippen molar-refractivity contribution in [3.05, 3.63) is 24.3 Å². The minimum absolute atomic E-state index is 0.337. The average molecular weight is 704 g/mol. The van der Waals surface area contributed by atoms with Crippen molar-refractivity contribution in [1.29, 1.82) is 0 Å². The topological polar surface area (TPSA) is 21.7 Å². The quantitative estimate of drug-likeness (QED) is 0.0467. The number of ether oxygens (including phenoxy) is 2. The van der Waals surface area contributed by atoms with Gasteiger partial charge in [-0.3, -0.25) is 0 Å². The summed E-state index contributed by atoms with van der Waals surface area (Å²) >= 11 is 0. The van der Waals surface area contributed by atoms with Crippen LogP contribution in [-0.2, 0) is 9.47 Å². The molecule has 0 aromatic heterocycles. The SMILES string of the molecule is CCCCCCCC/C=C\CCCCCCCCOC(CC)CC(CN(C)C)C(CC)OCCCCCCCC/C=C\CCCCCCCC. The van der Waals surface area contributed by atoms with E-state index < -0.39 is 0 Å². The Bertz CT molecular complexity index is 689. The van der Waals surface area contributed by atoms with Crippen molar-refractivity contribution in [2.45, 2.75) is 239 Å². The van der Waals surface area contributed by atoms with E-state index in [0.29, 0.717) is 18.1 Å². The van der Waals surface area contributed by atoms with E-state index in [0.717, 1.165) is 39.0 Å². The number of rotatable bonds is 41. The summed E-state index contributed by atoms with van der Waals surface area (Å²) in [6, 6.07) is 0. The lowest BCUT2D eigenvalue weighted by Crippen LogP contribution is -2.36. The molecule has 0 radical (unpaired) electrons. The minimum atomic E-state index is 0.337. The maximum atomic E-state index is 6.56. The second kappa shape index (κ2) is 41.1. The second-order valence-electron chi connectivity index (χ2n) is 15.9. The summed E-state index contributed by atoms with van der Waals surface area (Å²) < 4.78 is 13.0. The van der Waals surface area contributed by atoms with Crippen LogP contribution in [0.5, 0.6) is 0 Å². The highest BCUT2D eigenvalue weighted by Gasteiger charge is 2.25. The number of hydrogen-bond acceptors (Lipinski definition) is 3. The van der Waals surface area contributed by atoms with E-state index in [1.807, 2.05) is 0 Å². The van der Waals surface area contributed by atoms with E-state index in [2.05, 4.69) is 71.0 Å². The first-order chi connectivity index (χ1) is 24.6. The normalized spacial score (nSPS) is 14.1. The van der Waals surface area contributed by atoms with Crippen molar-refractivity contribution in [3.8, 4) is 0 Å². The Kier molecular flexibility index (Phi) is 40.6. The number of hydrogen-bond donors (Lipinski definition) is 0. The van der Waals surface area contributed by atoms with Gasteiger partial charge >= 0.3 is 0 Å². The van der Waals surface area contributed by atoms with E-state index in [-0.39, 0.29) is 0 Å². The van der Waals surface area contributed by atoms with Gasteiger partial charge in [0.2, 0.25) is 0 Å². The summed E-state index contributed by atoms with van der Waals surface area (Å²) in [4.78, 5) is 2.35. The van der Waals surface area contributed by atoms with Gasteiger partial charge in [-0.25, -0.2) is 0 Å². The molecular weight excluding hydrogens is 611 g/mol. The highest BCUT2D eigenvalue weighted by molar-refractivity contribution is 4.82. The molecule has 0 fully saturated rings. The van der Waals surface area contributed by atoms with Gasteiger partial charge in [-0.05, 0) is 97.6 Å². The molecule has 0 aliphatic rings. The number of unbranched alkanes of at least 4 members (excludes halogenated alkanes) is 24. The molecular formula is C47H93NO2. The van der Waals surface area contributed by atoms with Gasteiger partial charge in [0.25, 0.3) is 0 Å². The molecule has 0 rings (SSSR count). The highest BCUT2D eigenvalue weighted by Crippen LogP contribution is 2.23. The van der Waals surface area contributed by atoms with Gasteiger partial charge in [-0.15, -0.1) is 0 Å². The molecule has 3 heteroatoms. The van der Waals surface area contributed by atoms with Crippen molar-refractivity contribution in [2.75, 3.05) is 33.9 Å². The summed E-state index contributed by atoms with van der Waals surface area (Å²) in [6.07, 6.45) is 51.6. The Balaban J connectivity index is 3.98. The van der Waals surface area contributed by atoms with Crippen LogP contribution in [0, 0.1) is 5.92 Å². The van der Waals surface area contributed by atoms with Gasteiger partial charge in [-0.2, -0.15) is 0 Å². The maximum Gasteiger partial charge on any atom is 0.0613 e. The van der Waals surface area contributed by atoms with Crippen molar-refractivity contribution in [1.82, 2.24) is 4.90 Å². The summed E-state index contributed by atoms with van der Waals surface area (Å²) in [6.45, 7) is 12.1. The fourth-order valence-electron chi connectivity index (χ4n) is 7.27. The first-order valence-corrected chi connectivity index (χ1v) is 22.8. The van der Waals surface area contributed by atoms with Crippen LogP contribution in [0.4, 0.5) is 0 Å². The Morgan fingerprint density at radius 2 is 0.780 bits per heavy atom. The van der Waals surface area contributed by atoms with Crippen LogP contribution in [0.25, 0.3) is 0 Å². The van der Waals surface area contributed by atoms with Gasteiger partial charge in [0, 0.05) is 25.7 Å². The van der Waals surface area contributed by atoms with Crippen molar-refractivity contribution in [2.24, 2.45) is 5.92 Å². The van der Waals surface area contributed by atoms with Crippen LogP contribution in [-0.4, -0.2) is 51.0 Å². The van der Waals surface area contributed by atoms with Crippen LogP contribution in [0.3, 0.4) is 0 Å². The molecule has 0 bridgehead atoms. The van der Waals surface area contributed by atoms with E-state index in [9.17, 15) is 0 Å². The first kappa shape index (κ1) is 49.4. The molecule has 3 atom stereocenters. The lowest BCUT2D eigenvalue weighted by molar-refractivity contribution is -0.0325. The van der Waals surface area contributed by atoms with Crippen LogP contribution in [0.15, 0.2) is 24.3 Å². The monoisotopic (exact) mass is 704 g/mol. The second-order valence-corrected chi connectivity index (χ2v) is 15.9. The third-order valence-electron chi connectivity index (χ3n) is 10.5. The molecule has 0 amide bonds. The summed E-state index contributed by atoms with van der Waals surface area (Å²) in [7, 11) is 4.42. The summed E-state index contributed by atoms with van der Waals surface area (Å²) in [5, 5.41) is 0. The van der Waals surface area contributed by atoms with Crippen LogP contribution < -0.4 is 0 Å². The van der Waals surface area contributed by atoms with Gasteiger partial charge in [0.15, 0.2) is 0 Å². The fraction of sp³-hybridized carbons (Fsp3) is 0.915. The Labute approximate surface area is 316 Å². The molecule has 0 aliphatic carbocycles. The maximum absolute atomic E-state index is 6.56. The number of nitrogens with zero attached hydrogens (tertiary/aromatic N) is 1. The molecule has 3 unspecified atom stereocenters. The van der Waals surface area contributed by atoms with Gasteiger partial charge in [0.1, 0.15) is 0 Å². The van der Waals surface area contributed by atoms with E-state index in [1.54, 1.807) is 0 Å². The van der Waals surface area contributed by atoms with Crippen LogP contribution >= 0.6 is 0 Å². The smallest absolute Gasteiger partial charge is 0.0613 e. The zero-order chi connectivity index (χ0) is 36.6. The summed E-state index contributed by atoms with van der Waals surface area (Å²) in [5.74, 6) is 0.536. The molecule has 298 valence electrons. The largest absolute Gasteiger partial charge is 0.378 e.